The van der Waals surface area contributed by atoms with Gasteiger partial charge in [-0.3, -0.25) is 4.79 Å². The van der Waals surface area contributed by atoms with Gasteiger partial charge in [-0.05, 0) is 55.2 Å². The minimum atomic E-state index is -3.92. The van der Waals surface area contributed by atoms with E-state index in [0.717, 1.165) is 11.1 Å². The molecular weight excluding hydrogens is 364 g/mol. The lowest BCUT2D eigenvalue weighted by molar-refractivity contribution is -0.117. The van der Waals surface area contributed by atoms with Gasteiger partial charge in [-0.25, -0.2) is 8.42 Å². The van der Waals surface area contributed by atoms with Gasteiger partial charge in [0.15, 0.2) is 0 Å². The van der Waals surface area contributed by atoms with E-state index < -0.39 is 22.0 Å². The number of hydrogen-bond acceptors (Lipinski definition) is 4. The van der Waals surface area contributed by atoms with Crippen LogP contribution < -0.4 is 14.8 Å². The quantitative estimate of drug-likeness (QED) is 0.758. The van der Waals surface area contributed by atoms with Crippen LogP contribution in [0.25, 0.3) is 0 Å². The number of amides is 1. The third kappa shape index (κ3) is 5.30. The fourth-order valence-corrected chi connectivity index (χ4v) is 4.00. The molecule has 0 heterocycles. The molecule has 0 bridgehead atoms. The smallest absolute Gasteiger partial charge is 0.244 e. The summed E-state index contributed by atoms with van der Waals surface area (Å²) in [5, 5.41) is 2.72. The Balaban J connectivity index is 2.12. The fourth-order valence-electron chi connectivity index (χ4n) is 2.55. The summed E-state index contributed by atoms with van der Waals surface area (Å²) in [4.78, 5) is 12.4. The van der Waals surface area contributed by atoms with E-state index in [4.69, 9.17) is 4.74 Å². The van der Waals surface area contributed by atoms with Crippen LogP contribution in [0.15, 0.2) is 47.4 Å². The molecule has 27 heavy (non-hydrogen) atoms. The van der Waals surface area contributed by atoms with Gasteiger partial charge in [0, 0.05) is 5.69 Å². The molecule has 146 valence electrons. The summed E-state index contributed by atoms with van der Waals surface area (Å²) in [5.74, 6) is 0.178. The third-order valence-corrected chi connectivity index (χ3v) is 5.74. The molecule has 2 aromatic carbocycles. The Morgan fingerprint density at radius 2 is 1.67 bits per heavy atom. The SMILES string of the molecule is COc1ccc(C)cc1S(=O)(=O)N[C@H](C)C(=O)Nc1ccc(C(C)C)cc1. The molecular formula is C20H26N2O4S. The normalized spacial score (nSPS) is 12.7. The van der Waals surface area contributed by atoms with Crippen molar-refractivity contribution < 1.29 is 17.9 Å². The highest BCUT2D eigenvalue weighted by atomic mass is 32.2. The van der Waals surface area contributed by atoms with E-state index in [1.807, 2.05) is 12.1 Å². The second-order valence-corrected chi connectivity index (χ2v) is 8.45. The number of methoxy groups -OCH3 is 1. The second kappa shape index (κ2) is 8.54. The lowest BCUT2D eigenvalue weighted by atomic mass is 10.0. The molecule has 6 nitrogen and oxygen atoms in total. The van der Waals surface area contributed by atoms with Gasteiger partial charge in [0.2, 0.25) is 15.9 Å². The van der Waals surface area contributed by atoms with Crippen LogP contribution in [0, 0.1) is 6.92 Å². The monoisotopic (exact) mass is 390 g/mol. The van der Waals surface area contributed by atoms with Gasteiger partial charge in [-0.15, -0.1) is 0 Å². The lowest BCUT2D eigenvalue weighted by Crippen LogP contribution is -2.41. The van der Waals surface area contributed by atoms with Crippen LogP contribution in [0.2, 0.25) is 0 Å². The number of nitrogens with one attached hydrogen (secondary N) is 2. The van der Waals surface area contributed by atoms with Crippen molar-refractivity contribution in [2.24, 2.45) is 0 Å². The summed E-state index contributed by atoms with van der Waals surface area (Å²) in [7, 11) is -2.51. The van der Waals surface area contributed by atoms with Crippen LogP contribution >= 0.6 is 0 Å². The first-order chi connectivity index (χ1) is 12.6. The predicted octanol–water partition coefficient (Wildman–Crippen LogP) is 3.43. The molecule has 0 aliphatic rings. The highest BCUT2D eigenvalue weighted by Crippen LogP contribution is 2.25. The number of sulfonamides is 1. The number of anilines is 1. The molecule has 0 radical (unpaired) electrons. The Bertz CT molecular complexity index is 906. The molecule has 0 saturated heterocycles. The number of carbonyl (C=O) groups is 1. The summed E-state index contributed by atoms with van der Waals surface area (Å²) in [6.07, 6.45) is 0. The largest absolute Gasteiger partial charge is 0.495 e. The van der Waals surface area contributed by atoms with Gasteiger partial charge in [-0.1, -0.05) is 32.0 Å². The van der Waals surface area contributed by atoms with Crippen LogP contribution in [0.4, 0.5) is 5.69 Å². The van der Waals surface area contributed by atoms with E-state index in [9.17, 15) is 13.2 Å². The number of benzene rings is 2. The number of ether oxygens (including phenoxy) is 1. The summed E-state index contributed by atoms with van der Waals surface area (Å²) >= 11 is 0. The maximum Gasteiger partial charge on any atom is 0.244 e. The molecule has 1 atom stereocenters. The van der Waals surface area contributed by atoms with Crippen molar-refractivity contribution in [3.05, 3.63) is 53.6 Å². The van der Waals surface area contributed by atoms with Gasteiger partial charge in [0.25, 0.3) is 0 Å². The summed E-state index contributed by atoms with van der Waals surface area (Å²) in [6.45, 7) is 7.46. The molecule has 0 unspecified atom stereocenters. The van der Waals surface area contributed by atoms with Gasteiger partial charge in [0.05, 0.1) is 13.2 Å². The molecule has 2 N–H and O–H groups in total. The molecule has 1 amide bonds. The van der Waals surface area contributed by atoms with Crippen LogP contribution in [0.3, 0.4) is 0 Å². The molecule has 0 aromatic heterocycles. The van der Waals surface area contributed by atoms with Gasteiger partial charge >= 0.3 is 0 Å². The summed E-state index contributed by atoms with van der Waals surface area (Å²) < 4.78 is 32.9. The average Bonchev–Trinajstić information content (AvgIpc) is 2.61. The van der Waals surface area contributed by atoms with Gasteiger partial charge in [-0.2, -0.15) is 4.72 Å². The van der Waals surface area contributed by atoms with Crippen LogP contribution in [-0.2, 0) is 14.8 Å². The average molecular weight is 391 g/mol. The third-order valence-electron chi connectivity index (χ3n) is 4.18. The van der Waals surface area contributed by atoms with Crippen LogP contribution in [-0.4, -0.2) is 27.5 Å². The summed E-state index contributed by atoms with van der Waals surface area (Å²) in [6, 6.07) is 11.4. The van der Waals surface area contributed by atoms with E-state index in [0.29, 0.717) is 11.6 Å². The molecule has 2 aromatic rings. The van der Waals surface area contributed by atoms with Gasteiger partial charge < -0.3 is 10.1 Å². The minimum absolute atomic E-state index is 0.00550. The molecule has 0 fully saturated rings. The second-order valence-electron chi connectivity index (χ2n) is 6.76. The Hall–Kier alpha value is -2.38. The molecule has 0 spiro atoms. The first kappa shape index (κ1) is 20.9. The van der Waals surface area contributed by atoms with Crippen molar-refractivity contribution in [2.45, 2.75) is 44.6 Å². The van der Waals surface area contributed by atoms with Crippen molar-refractivity contribution in [2.75, 3.05) is 12.4 Å². The van der Waals surface area contributed by atoms with E-state index in [-0.39, 0.29) is 10.6 Å². The van der Waals surface area contributed by atoms with Crippen LogP contribution in [0.5, 0.6) is 5.75 Å². The molecule has 0 aliphatic carbocycles. The lowest BCUT2D eigenvalue weighted by Gasteiger charge is -2.16. The Morgan fingerprint density at radius 3 is 2.22 bits per heavy atom. The van der Waals surface area contributed by atoms with Crippen molar-refractivity contribution in [3.63, 3.8) is 0 Å². The van der Waals surface area contributed by atoms with Crippen LogP contribution in [0.1, 0.15) is 37.8 Å². The molecule has 0 aliphatic heterocycles. The predicted molar refractivity (Wildman–Crippen MR) is 107 cm³/mol. The summed E-state index contributed by atoms with van der Waals surface area (Å²) in [5.41, 5.74) is 2.55. The molecule has 2 rings (SSSR count). The zero-order chi connectivity index (χ0) is 20.2. The van der Waals surface area contributed by atoms with Crippen molar-refractivity contribution in [1.82, 2.24) is 4.72 Å². The Labute approximate surface area is 161 Å². The maximum atomic E-state index is 12.7. The zero-order valence-corrected chi connectivity index (χ0v) is 17.1. The molecule has 7 heteroatoms. The highest BCUT2D eigenvalue weighted by Gasteiger charge is 2.25. The first-order valence-electron chi connectivity index (χ1n) is 8.72. The van der Waals surface area contributed by atoms with Gasteiger partial charge in [0.1, 0.15) is 10.6 Å². The zero-order valence-electron chi connectivity index (χ0n) is 16.2. The Kier molecular flexibility index (Phi) is 6.62. The molecule has 0 saturated carbocycles. The van der Waals surface area contributed by atoms with Crippen molar-refractivity contribution in [1.29, 1.82) is 0 Å². The number of carbonyl (C=O) groups excluding carboxylic acids is 1. The van der Waals surface area contributed by atoms with Crippen molar-refractivity contribution in [3.8, 4) is 5.75 Å². The Morgan fingerprint density at radius 1 is 1.04 bits per heavy atom. The van der Waals surface area contributed by atoms with E-state index in [2.05, 4.69) is 23.9 Å². The van der Waals surface area contributed by atoms with E-state index in [1.54, 1.807) is 31.2 Å². The number of rotatable bonds is 7. The number of aryl methyl sites for hydroxylation is 1. The topological polar surface area (TPSA) is 84.5 Å². The maximum absolute atomic E-state index is 12.7. The van der Waals surface area contributed by atoms with Crippen molar-refractivity contribution >= 4 is 21.6 Å². The standard InChI is InChI=1S/C20H26N2O4S/c1-13(2)16-7-9-17(10-8-16)21-20(23)15(4)22-27(24,25)19-12-14(3)6-11-18(19)26-5/h6-13,15,22H,1-5H3,(H,21,23)/t15-/m1/s1. The number of hydrogen-bond donors (Lipinski definition) is 2. The minimum Gasteiger partial charge on any atom is -0.495 e. The highest BCUT2D eigenvalue weighted by molar-refractivity contribution is 7.89. The fraction of sp³-hybridized carbons (Fsp3) is 0.350. The first-order valence-corrected chi connectivity index (χ1v) is 10.2. The van der Waals surface area contributed by atoms with E-state index >= 15 is 0 Å². The van der Waals surface area contributed by atoms with E-state index in [1.165, 1.54) is 20.1 Å².